The topological polar surface area (TPSA) is 57.5 Å². The Hall–Kier alpha value is -3.86. The van der Waals surface area contributed by atoms with Crippen LogP contribution in [0.4, 0.5) is 0 Å². The first kappa shape index (κ1) is 20.4. The molecule has 0 saturated heterocycles. The van der Waals surface area contributed by atoms with Crippen LogP contribution >= 0.6 is 0 Å². The molecule has 0 bridgehead atoms. The average molecular weight is 413 g/mol. The fraction of sp³-hybridized carbons (Fsp3) is 0.154. The van der Waals surface area contributed by atoms with Crippen molar-refractivity contribution in [1.82, 2.24) is 4.57 Å². The normalized spacial score (nSPS) is 10.8. The summed E-state index contributed by atoms with van der Waals surface area (Å²) in [4.78, 5) is 26.5. The van der Waals surface area contributed by atoms with Gasteiger partial charge in [-0.2, -0.15) is 0 Å². The minimum absolute atomic E-state index is 0.125. The number of hydrogen-bond acceptors (Lipinski definition) is 4. The van der Waals surface area contributed by atoms with Crippen LogP contribution in [0, 0.1) is 6.92 Å². The Kier molecular flexibility index (Phi) is 5.58. The second kappa shape index (κ2) is 8.48. The van der Waals surface area contributed by atoms with Crippen LogP contribution in [0.25, 0.3) is 10.9 Å². The summed E-state index contributed by atoms with van der Waals surface area (Å²) in [7, 11) is 3.18. The Labute approximate surface area is 180 Å². The third-order valence-corrected chi connectivity index (χ3v) is 5.38. The molecule has 0 aliphatic heterocycles. The molecule has 31 heavy (non-hydrogen) atoms. The Morgan fingerprint density at radius 3 is 2.39 bits per heavy atom. The van der Waals surface area contributed by atoms with Crippen molar-refractivity contribution in [3.63, 3.8) is 0 Å². The van der Waals surface area contributed by atoms with Crippen LogP contribution in [0.5, 0.6) is 11.5 Å². The number of ether oxygens (including phenoxy) is 2. The van der Waals surface area contributed by atoms with E-state index < -0.39 is 0 Å². The fourth-order valence-corrected chi connectivity index (χ4v) is 3.67. The van der Waals surface area contributed by atoms with Crippen molar-refractivity contribution in [2.24, 2.45) is 0 Å². The van der Waals surface area contributed by atoms with Gasteiger partial charge in [0.15, 0.2) is 5.78 Å². The molecule has 156 valence electrons. The molecule has 0 amide bonds. The molecular weight excluding hydrogens is 390 g/mol. The Balaban J connectivity index is 1.92. The van der Waals surface area contributed by atoms with Crippen molar-refractivity contribution in [1.29, 1.82) is 0 Å². The number of methoxy groups -OCH3 is 2. The lowest BCUT2D eigenvalue weighted by molar-refractivity contribution is 0.103. The van der Waals surface area contributed by atoms with Gasteiger partial charge in [-0.1, -0.05) is 48.0 Å². The van der Waals surface area contributed by atoms with Crippen molar-refractivity contribution in [3.8, 4) is 11.5 Å². The largest absolute Gasteiger partial charge is 0.497 e. The molecule has 4 aromatic rings. The third-order valence-electron chi connectivity index (χ3n) is 5.38. The number of fused-ring (bicyclic) bond motifs is 1. The Bertz CT molecular complexity index is 1320. The molecule has 3 aromatic carbocycles. The van der Waals surface area contributed by atoms with Gasteiger partial charge in [0, 0.05) is 17.3 Å². The summed E-state index contributed by atoms with van der Waals surface area (Å²) in [5.41, 5.74) is 3.01. The summed E-state index contributed by atoms with van der Waals surface area (Å²) in [6.07, 6.45) is 1.64. The van der Waals surface area contributed by atoms with Crippen LogP contribution in [0.2, 0.25) is 0 Å². The van der Waals surface area contributed by atoms with Crippen LogP contribution in [0.15, 0.2) is 77.7 Å². The minimum Gasteiger partial charge on any atom is -0.497 e. The van der Waals surface area contributed by atoms with Crippen LogP contribution in [0.3, 0.4) is 0 Å². The first-order valence-corrected chi connectivity index (χ1v) is 9.96. The molecule has 0 radical (unpaired) electrons. The zero-order chi connectivity index (χ0) is 22.0. The SMILES string of the molecule is COc1ccc2c(c1)c(=O)c(C(=O)c1ccc(C)cc1)cn2Cc1ccccc1OC. The van der Waals surface area contributed by atoms with Gasteiger partial charge in [-0.15, -0.1) is 0 Å². The summed E-state index contributed by atoms with van der Waals surface area (Å²) in [5, 5.41) is 0.437. The van der Waals surface area contributed by atoms with Gasteiger partial charge in [0.1, 0.15) is 11.5 Å². The highest BCUT2D eigenvalue weighted by molar-refractivity contribution is 6.10. The maximum Gasteiger partial charge on any atom is 0.200 e. The van der Waals surface area contributed by atoms with Gasteiger partial charge in [0.05, 0.1) is 37.2 Å². The molecule has 0 aliphatic rings. The maximum absolute atomic E-state index is 13.3. The van der Waals surface area contributed by atoms with Gasteiger partial charge < -0.3 is 14.0 Å². The van der Waals surface area contributed by atoms with Crippen LogP contribution in [-0.4, -0.2) is 24.6 Å². The standard InChI is InChI=1S/C26H23NO4/c1-17-8-10-18(11-9-17)25(28)22-16-27(15-19-6-4-5-7-24(19)31-3)23-13-12-20(30-2)14-21(23)26(22)29/h4-14,16H,15H2,1-3H3. The lowest BCUT2D eigenvalue weighted by Gasteiger charge is -2.16. The first-order chi connectivity index (χ1) is 15.0. The zero-order valence-electron chi connectivity index (χ0n) is 17.7. The van der Waals surface area contributed by atoms with E-state index >= 15 is 0 Å². The van der Waals surface area contributed by atoms with E-state index in [2.05, 4.69) is 0 Å². The molecule has 0 N–H and O–H groups in total. The van der Waals surface area contributed by atoms with Crippen LogP contribution in [-0.2, 0) is 6.54 Å². The smallest absolute Gasteiger partial charge is 0.200 e. The predicted octanol–water partition coefficient (Wildman–Crippen LogP) is 4.61. The predicted molar refractivity (Wildman–Crippen MR) is 121 cm³/mol. The maximum atomic E-state index is 13.3. The van der Waals surface area contributed by atoms with E-state index in [4.69, 9.17) is 9.47 Å². The molecule has 0 aliphatic carbocycles. The first-order valence-electron chi connectivity index (χ1n) is 9.96. The average Bonchev–Trinajstić information content (AvgIpc) is 2.81. The number of aryl methyl sites for hydroxylation is 1. The van der Waals surface area contributed by atoms with E-state index in [0.29, 0.717) is 23.2 Å². The number of nitrogens with zero attached hydrogens (tertiary/aromatic N) is 1. The van der Waals surface area contributed by atoms with Crippen LogP contribution < -0.4 is 14.9 Å². The molecule has 5 nitrogen and oxygen atoms in total. The second-order valence-electron chi connectivity index (χ2n) is 7.39. The van der Waals surface area contributed by atoms with Gasteiger partial charge in [-0.05, 0) is 31.2 Å². The fourth-order valence-electron chi connectivity index (χ4n) is 3.67. The Morgan fingerprint density at radius 1 is 0.935 bits per heavy atom. The van der Waals surface area contributed by atoms with Crippen molar-refractivity contribution in [3.05, 3.63) is 105 Å². The highest BCUT2D eigenvalue weighted by Gasteiger charge is 2.18. The van der Waals surface area contributed by atoms with Gasteiger partial charge in [0.2, 0.25) is 5.43 Å². The third kappa shape index (κ3) is 3.94. The van der Waals surface area contributed by atoms with Gasteiger partial charge >= 0.3 is 0 Å². The number of rotatable bonds is 6. The molecule has 0 atom stereocenters. The molecule has 1 heterocycles. The minimum atomic E-state index is -0.309. The van der Waals surface area contributed by atoms with E-state index in [1.54, 1.807) is 38.6 Å². The summed E-state index contributed by atoms with van der Waals surface area (Å²) in [5.74, 6) is 1.01. The van der Waals surface area contributed by atoms with Crippen molar-refractivity contribution < 1.29 is 14.3 Å². The van der Waals surface area contributed by atoms with E-state index in [9.17, 15) is 9.59 Å². The summed E-state index contributed by atoms with van der Waals surface area (Å²) >= 11 is 0. The van der Waals surface area contributed by atoms with Gasteiger partial charge in [-0.25, -0.2) is 0 Å². The molecule has 1 aromatic heterocycles. The number of para-hydroxylation sites is 1. The number of carbonyl (C=O) groups is 1. The van der Waals surface area contributed by atoms with Crippen LogP contribution in [0.1, 0.15) is 27.0 Å². The lowest BCUT2D eigenvalue weighted by Crippen LogP contribution is -2.20. The van der Waals surface area contributed by atoms with Gasteiger partial charge in [-0.3, -0.25) is 9.59 Å². The van der Waals surface area contributed by atoms with E-state index in [-0.39, 0.29) is 16.8 Å². The number of carbonyl (C=O) groups excluding carboxylic acids is 1. The zero-order valence-corrected chi connectivity index (χ0v) is 17.7. The molecule has 5 heteroatoms. The monoisotopic (exact) mass is 413 g/mol. The Morgan fingerprint density at radius 2 is 1.68 bits per heavy atom. The molecule has 0 unspecified atom stereocenters. The second-order valence-corrected chi connectivity index (χ2v) is 7.39. The summed E-state index contributed by atoms with van der Waals surface area (Å²) in [6.45, 7) is 2.40. The molecule has 0 spiro atoms. The number of ketones is 1. The number of aromatic nitrogens is 1. The summed E-state index contributed by atoms with van der Waals surface area (Å²) in [6, 6.07) is 20.3. The van der Waals surface area contributed by atoms with Crippen molar-refractivity contribution >= 4 is 16.7 Å². The number of benzene rings is 3. The highest BCUT2D eigenvalue weighted by Crippen LogP contribution is 2.24. The number of pyridine rings is 1. The van der Waals surface area contributed by atoms with Crippen molar-refractivity contribution in [2.45, 2.75) is 13.5 Å². The highest BCUT2D eigenvalue weighted by atomic mass is 16.5. The summed E-state index contributed by atoms with van der Waals surface area (Å²) < 4.78 is 12.7. The molecule has 4 rings (SSSR count). The van der Waals surface area contributed by atoms with Crippen molar-refractivity contribution in [2.75, 3.05) is 14.2 Å². The molecule has 0 saturated carbocycles. The molecular formula is C26H23NO4. The quantitative estimate of drug-likeness (QED) is 0.433. The molecule has 0 fully saturated rings. The van der Waals surface area contributed by atoms with Gasteiger partial charge in [0.25, 0.3) is 0 Å². The lowest BCUT2D eigenvalue weighted by atomic mass is 10.0. The van der Waals surface area contributed by atoms with E-state index in [0.717, 1.165) is 22.4 Å². The number of hydrogen-bond donors (Lipinski definition) is 0. The van der Waals surface area contributed by atoms with E-state index in [1.807, 2.05) is 60.0 Å². The van der Waals surface area contributed by atoms with E-state index in [1.165, 1.54) is 0 Å².